The minimum absolute atomic E-state index is 0.0384. The topological polar surface area (TPSA) is 29.1 Å². The van der Waals surface area contributed by atoms with E-state index in [1.165, 1.54) is 27.1 Å². The van der Waals surface area contributed by atoms with Crippen molar-refractivity contribution in [3.8, 4) is 10.4 Å². The van der Waals surface area contributed by atoms with Crippen LogP contribution in [0.1, 0.15) is 53.1 Å². The number of carbonyl (C=O) groups excluding carboxylic acids is 1. The van der Waals surface area contributed by atoms with E-state index in [0.717, 1.165) is 17.0 Å². The van der Waals surface area contributed by atoms with E-state index in [0.29, 0.717) is 5.92 Å². The Kier molecular flexibility index (Phi) is 5.58. The van der Waals surface area contributed by atoms with E-state index in [4.69, 9.17) is 0 Å². The van der Waals surface area contributed by atoms with Gasteiger partial charge in [-0.3, -0.25) is 4.79 Å². The third-order valence-electron chi connectivity index (χ3n) is 4.60. The lowest BCUT2D eigenvalue weighted by molar-refractivity contribution is 0.103. The summed E-state index contributed by atoms with van der Waals surface area (Å²) in [7, 11) is 0. The SMILES string of the molecule is CCc1cc(C(=O)Nc2ccc(C(C)C)c(C)c2)sc1-c1ccccc1. The van der Waals surface area contributed by atoms with Crippen molar-refractivity contribution in [1.29, 1.82) is 0 Å². The molecule has 0 radical (unpaired) electrons. The lowest BCUT2D eigenvalue weighted by atomic mass is 9.98. The Morgan fingerprint density at radius 2 is 1.81 bits per heavy atom. The number of hydrogen-bond donors (Lipinski definition) is 1. The number of amides is 1. The first-order valence-electron chi connectivity index (χ1n) is 9.09. The van der Waals surface area contributed by atoms with Gasteiger partial charge in [-0.1, -0.05) is 57.2 Å². The fourth-order valence-corrected chi connectivity index (χ4v) is 4.38. The Balaban J connectivity index is 1.85. The highest BCUT2D eigenvalue weighted by Crippen LogP contribution is 2.33. The van der Waals surface area contributed by atoms with Crippen molar-refractivity contribution < 1.29 is 4.79 Å². The van der Waals surface area contributed by atoms with Crippen LogP contribution in [-0.4, -0.2) is 5.91 Å². The van der Waals surface area contributed by atoms with Crippen molar-refractivity contribution in [2.75, 3.05) is 5.32 Å². The second-order valence-corrected chi connectivity index (χ2v) is 7.92. The molecule has 0 bridgehead atoms. The zero-order valence-electron chi connectivity index (χ0n) is 15.8. The summed E-state index contributed by atoms with van der Waals surface area (Å²) in [4.78, 5) is 14.7. The quantitative estimate of drug-likeness (QED) is 0.539. The number of hydrogen-bond acceptors (Lipinski definition) is 2. The number of nitrogens with one attached hydrogen (secondary N) is 1. The van der Waals surface area contributed by atoms with Crippen molar-refractivity contribution >= 4 is 22.9 Å². The number of benzene rings is 2. The summed E-state index contributed by atoms with van der Waals surface area (Å²) < 4.78 is 0. The molecular weight excluding hydrogens is 338 g/mol. The number of thiophene rings is 1. The van der Waals surface area contributed by atoms with E-state index in [1.807, 2.05) is 30.3 Å². The van der Waals surface area contributed by atoms with Gasteiger partial charge in [-0.25, -0.2) is 0 Å². The zero-order chi connectivity index (χ0) is 18.7. The van der Waals surface area contributed by atoms with Gasteiger partial charge < -0.3 is 5.32 Å². The van der Waals surface area contributed by atoms with Crippen molar-refractivity contribution in [1.82, 2.24) is 0 Å². The molecule has 0 saturated carbocycles. The number of anilines is 1. The van der Waals surface area contributed by atoms with E-state index < -0.39 is 0 Å². The molecule has 0 fully saturated rings. The molecule has 1 aromatic heterocycles. The Morgan fingerprint density at radius 3 is 2.42 bits per heavy atom. The van der Waals surface area contributed by atoms with Gasteiger partial charge in [-0.2, -0.15) is 0 Å². The van der Waals surface area contributed by atoms with Crippen LogP contribution in [-0.2, 0) is 6.42 Å². The molecule has 3 heteroatoms. The van der Waals surface area contributed by atoms with Crippen molar-refractivity contribution in [2.45, 2.75) is 40.0 Å². The van der Waals surface area contributed by atoms with Gasteiger partial charge in [0.25, 0.3) is 5.91 Å². The van der Waals surface area contributed by atoms with Gasteiger partial charge in [-0.15, -0.1) is 11.3 Å². The highest BCUT2D eigenvalue weighted by molar-refractivity contribution is 7.17. The van der Waals surface area contributed by atoms with Gasteiger partial charge in [0.1, 0.15) is 0 Å². The highest BCUT2D eigenvalue weighted by atomic mass is 32.1. The third kappa shape index (κ3) is 3.88. The monoisotopic (exact) mass is 363 g/mol. The van der Waals surface area contributed by atoms with E-state index >= 15 is 0 Å². The number of aryl methyl sites for hydroxylation is 2. The molecule has 3 rings (SSSR count). The van der Waals surface area contributed by atoms with Gasteiger partial charge in [0.15, 0.2) is 0 Å². The summed E-state index contributed by atoms with van der Waals surface area (Å²) in [5, 5.41) is 3.05. The molecule has 0 aliphatic heterocycles. The molecule has 0 aliphatic carbocycles. The maximum atomic E-state index is 12.8. The van der Waals surface area contributed by atoms with Crippen LogP contribution in [0.3, 0.4) is 0 Å². The van der Waals surface area contributed by atoms with Crippen molar-refractivity contribution in [3.05, 3.63) is 76.2 Å². The zero-order valence-corrected chi connectivity index (χ0v) is 16.6. The fraction of sp³-hybridized carbons (Fsp3) is 0.261. The maximum Gasteiger partial charge on any atom is 0.265 e. The fourth-order valence-electron chi connectivity index (χ4n) is 3.23. The molecule has 1 amide bonds. The average molecular weight is 364 g/mol. The second-order valence-electron chi connectivity index (χ2n) is 6.86. The van der Waals surface area contributed by atoms with E-state index in [1.54, 1.807) is 11.3 Å². The molecule has 26 heavy (non-hydrogen) atoms. The molecule has 2 nitrogen and oxygen atoms in total. The van der Waals surface area contributed by atoms with Gasteiger partial charge in [0.05, 0.1) is 4.88 Å². The maximum absolute atomic E-state index is 12.8. The molecule has 0 atom stereocenters. The highest BCUT2D eigenvalue weighted by Gasteiger charge is 2.15. The summed E-state index contributed by atoms with van der Waals surface area (Å²) in [6.07, 6.45) is 0.913. The molecule has 134 valence electrons. The standard InChI is InChI=1S/C23H25NOS/c1-5-17-14-21(26-22(17)18-9-7-6-8-10-18)23(25)24-19-11-12-20(15(2)3)16(4)13-19/h6-15H,5H2,1-4H3,(H,24,25). The van der Waals surface area contributed by atoms with Crippen molar-refractivity contribution in [2.24, 2.45) is 0 Å². The van der Waals surface area contributed by atoms with Crippen molar-refractivity contribution in [3.63, 3.8) is 0 Å². The van der Waals surface area contributed by atoms with Crippen LogP contribution in [0.2, 0.25) is 0 Å². The van der Waals surface area contributed by atoms with Gasteiger partial charge in [0, 0.05) is 10.6 Å². The average Bonchev–Trinajstić information content (AvgIpc) is 3.07. The van der Waals surface area contributed by atoms with Gasteiger partial charge in [0.2, 0.25) is 0 Å². The summed E-state index contributed by atoms with van der Waals surface area (Å²) in [6.45, 7) is 8.59. The molecule has 1 heterocycles. The van der Waals surface area contributed by atoms with Crippen LogP contribution in [0.5, 0.6) is 0 Å². The van der Waals surface area contributed by atoms with Crippen LogP contribution < -0.4 is 5.32 Å². The molecule has 2 aromatic carbocycles. The van der Waals surface area contributed by atoms with Crippen LogP contribution in [0.15, 0.2) is 54.6 Å². The summed E-state index contributed by atoms with van der Waals surface area (Å²) in [5.41, 5.74) is 5.77. The van der Waals surface area contributed by atoms with Crippen LogP contribution in [0, 0.1) is 6.92 Å². The normalized spacial score (nSPS) is 11.0. The molecular formula is C23H25NOS. The van der Waals surface area contributed by atoms with E-state index in [2.05, 4.69) is 57.3 Å². The molecule has 3 aromatic rings. The molecule has 1 N–H and O–H groups in total. The second kappa shape index (κ2) is 7.88. The Labute approximate surface area is 159 Å². The summed E-state index contributed by atoms with van der Waals surface area (Å²) in [6, 6.07) is 18.5. The molecule has 0 spiro atoms. The first-order valence-corrected chi connectivity index (χ1v) is 9.91. The first-order chi connectivity index (χ1) is 12.5. The largest absolute Gasteiger partial charge is 0.321 e. The minimum Gasteiger partial charge on any atom is -0.321 e. The van der Waals surface area contributed by atoms with Crippen LogP contribution in [0.25, 0.3) is 10.4 Å². The molecule has 0 unspecified atom stereocenters. The lowest BCUT2D eigenvalue weighted by Gasteiger charge is -2.12. The Hall–Kier alpha value is -2.39. The Morgan fingerprint density at radius 1 is 1.08 bits per heavy atom. The smallest absolute Gasteiger partial charge is 0.265 e. The van der Waals surface area contributed by atoms with Crippen LogP contribution in [0.4, 0.5) is 5.69 Å². The molecule has 0 aliphatic rings. The van der Waals surface area contributed by atoms with Gasteiger partial charge >= 0.3 is 0 Å². The van der Waals surface area contributed by atoms with E-state index in [9.17, 15) is 4.79 Å². The minimum atomic E-state index is -0.0384. The number of carbonyl (C=O) groups is 1. The van der Waals surface area contributed by atoms with Gasteiger partial charge in [-0.05, 0) is 59.7 Å². The first kappa shape index (κ1) is 18.4. The third-order valence-corrected chi connectivity index (χ3v) is 5.82. The Bertz CT molecular complexity index is 909. The predicted molar refractivity (Wildman–Crippen MR) is 112 cm³/mol. The number of rotatable bonds is 5. The van der Waals surface area contributed by atoms with Crippen LogP contribution >= 0.6 is 11.3 Å². The predicted octanol–water partition coefficient (Wildman–Crippen LogP) is 6.66. The summed E-state index contributed by atoms with van der Waals surface area (Å²) in [5.74, 6) is 0.446. The summed E-state index contributed by atoms with van der Waals surface area (Å²) >= 11 is 1.56. The molecule has 0 saturated heterocycles. The lowest BCUT2D eigenvalue weighted by Crippen LogP contribution is -2.10. The van der Waals surface area contributed by atoms with E-state index in [-0.39, 0.29) is 5.91 Å².